The lowest BCUT2D eigenvalue weighted by Crippen LogP contribution is -2.51. The molecule has 0 fully saturated rings. The van der Waals surface area contributed by atoms with Crippen molar-refractivity contribution in [3.63, 3.8) is 0 Å². The van der Waals surface area contributed by atoms with Gasteiger partial charge in [-0.2, -0.15) is 5.10 Å². The van der Waals surface area contributed by atoms with Crippen molar-refractivity contribution in [1.82, 2.24) is 15.1 Å². The molecule has 0 radical (unpaired) electrons. The van der Waals surface area contributed by atoms with Crippen LogP contribution in [0.25, 0.3) is 0 Å². The van der Waals surface area contributed by atoms with E-state index >= 15 is 0 Å². The molecule has 0 aliphatic heterocycles. The van der Waals surface area contributed by atoms with Gasteiger partial charge in [-0.1, -0.05) is 30.3 Å². The predicted octanol–water partition coefficient (Wildman–Crippen LogP) is 1.48. The molecule has 5 heteroatoms. The molecule has 1 atom stereocenters. The fourth-order valence-electron chi connectivity index (χ4n) is 2.29. The second-order valence-corrected chi connectivity index (χ2v) is 4.67. The molecule has 2 aromatic rings. The van der Waals surface area contributed by atoms with Crippen molar-refractivity contribution in [2.75, 3.05) is 14.2 Å². The minimum Gasteiger partial charge on any atom is -0.467 e. The van der Waals surface area contributed by atoms with Crippen LogP contribution in [0.5, 0.6) is 0 Å². The zero-order valence-electron chi connectivity index (χ0n) is 12.0. The van der Waals surface area contributed by atoms with Gasteiger partial charge in [0.15, 0.2) is 5.54 Å². The summed E-state index contributed by atoms with van der Waals surface area (Å²) in [6.45, 7) is 2.28. The van der Waals surface area contributed by atoms with Gasteiger partial charge in [0.1, 0.15) is 0 Å². The molecule has 0 spiro atoms. The van der Waals surface area contributed by atoms with Crippen LogP contribution in [0.2, 0.25) is 0 Å². The topological polar surface area (TPSA) is 56.2 Å². The molecular weight excluding hydrogens is 254 g/mol. The summed E-state index contributed by atoms with van der Waals surface area (Å²) in [5, 5.41) is 7.46. The molecule has 106 valence electrons. The maximum Gasteiger partial charge on any atom is 0.332 e. The number of rotatable bonds is 5. The van der Waals surface area contributed by atoms with Crippen molar-refractivity contribution >= 4 is 5.97 Å². The number of benzene rings is 1. The number of hydrogen-bond acceptors (Lipinski definition) is 4. The molecule has 1 heterocycles. The summed E-state index contributed by atoms with van der Waals surface area (Å²) in [4.78, 5) is 12.4. The van der Waals surface area contributed by atoms with Crippen molar-refractivity contribution in [3.8, 4) is 0 Å². The second-order valence-electron chi connectivity index (χ2n) is 4.67. The number of hydrogen-bond donors (Lipinski definition) is 1. The Bertz CT molecular complexity index is 580. The minimum absolute atomic E-state index is 0.334. The fraction of sp³-hybridized carbons (Fsp3) is 0.333. The van der Waals surface area contributed by atoms with Crippen molar-refractivity contribution in [3.05, 3.63) is 53.9 Å². The Morgan fingerprint density at radius 3 is 2.55 bits per heavy atom. The normalized spacial score (nSPS) is 13.8. The summed E-state index contributed by atoms with van der Waals surface area (Å²) in [7, 11) is 3.14. The Hall–Kier alpha value is -2.14. The first-order valence-electron chi connectivity index (χ1n) is 6.45. The Morgan fingerprint density at radius 2 is 2.05 bits per heavy atom. The second kappa shape index (κ2) is 5.88. The van der Waals surface area contributed by atoms with E-state index in [1.807, 2.05) is 49.5 Å². The third-order valence-corrected chi connectivity index (χ3v) is 3.40. The monoisotopic (exact) mass is 273 g/mol. The first kappa shape index (κ1) is 14.3. The van der Waals surface area contributed by atoms with Gasteiger partial charge in [0, 0.05) is 6.20 Å². The van der Waals surface area contributed by atoms with E-state index in [9.17, 15) is 4.79 Å². The summed E-state index contributed by atoms with van der Waals surface area (Å²) < 4.78 is 6.74. The van der Waals surface area contributed by atoms with Crippen LogP contribution in [-0.2, 0) is 21.6 Å². The Morgan fingerprint density at radius 1 is 1.35 bits per heavy atom. The largest absolute Gasteiger partial charge is 0.467 e. The molecule has 0 saturated heterocycles. The summed E-state index contributed by atoms with van der Waals surface area (Å²) in [6, 6.07) is 11.4. The quantitative estimate of drug-likeness (QED) is 0.838. The number of likely N-dealkylation sites (N-methyl/N-ethyl adjacent to an activating group) is 1. The summed E-state index contributed by atoms with van der Waals surface area (Å²) in [6.07, 6.45) is 1.85. The summed E-state index contributed by atoms with van der Waals surface area (Å²) >= 11 is 0. The van der Waals surface area contributed by atoms with E-state index < -0.39 is 5.54 Å². The van der Waals surface area contributed by atoms with Crippen LogP contribution in [0, 0.1) is 6.92 Å². The smallest absolute Gasteiger partial charge is 0.332 e. The van der Waals surface area contributed by atoms with E-state index in [1.165, 1.54) is 7.11 Å². The van der Waals surface area contributed by atoms with Gasteiger partial charge >= 0.3 is 5.97 Å². The van der Waals surface area contributed by atoms with Crippen LogP contribution in [-0.4, -0.2) is 29.9 Å². The third-order valence-electron chi connectivity index (χ3n) is 3.40. The lowest BCUT2D eigenvalue weighted by atomic mass is 9.90. The van der Waals surface area contributed by atoms with Gasteiger partial charge in [0.05, 0.1) is 19.3 Å². The van der Waals surface area contributed by atoms with Crippen LogP contribution in [0.4, 0.5) is 0 Å². The molecule has 0 bridgehead atoms. The lowest BCUT2D eigenvalue weighted by molar-refractivity contribution is -0.149. The van der Waals surface area contributed by atoms with Gasteiger partial charge in [0.25, 0.3) is 0 Å². The number of aromatic nitrogens is 2. The summed E-state index contributed by atoms with van der Waals surface area (Å²) in [5.41, 5.74) is 0.810. The van der Waals surface area contributed by atoms with Crippen LogP contribution >= 0.6 is 0 Å². The zero-order chi connectivity index (χ0) is 14.6. The highest BCUT2D eigenvalue weighted by Gasteiger charge is 2.40. The highest BCUT2D eigenvalue weighted by atomic mass is 16.5. The molecular formula is C15H19N3O2. The fourth-order valence-corrected chi connectivity index (χ4v) is 2.29. The first-order valence-corrected chi connectivity index (χ1v) is 6.45. The molecule has 0 amide bonds. The number of esters is 1. The average molecular weight is 273 g/mol. The van der Waals surface area contributed by atoms with E-state index in [2.05, 4.69) is 10.4 Å². The number of ether oxygens (including phenoxy) is 1. The van der Waals surface area contributed by atoms with Crippen LogP contribution in [0.3, 0.4) is 0 Å². The number of nitrogens with zero attached hydrogens (tertiary/aromatic N) is 2. The van der Waals surface area contributed by atoms with E-state index in [1.54, 1.807) is 11.7 Å². The van der Waals surface area contributed by atoms with Crippen LogP contribution in [0.1, 0.15) is 11.3 Å². The van der Waals surface area contributed by atoms with E-state index in [0.717, 1.165) is 11.3 Å². The van der Waals surface area contributed by atoms with Crippen LogP contribution in [0.15, 0.2) is 42.6 Å². The number of methoxy groups -OCH3 is 1. The van der Waals surface area contributed by atoms with E-state index in [-0.39, 0.29) is 5.97 Å². The Balaban J connectivity index is 2.45. The maximum absolute atomic E-state index is 12.4. The molecule has 2 rings (SSSR count). The zero-order valence-corrected chi connectivity index (χ0v) is 12.0. The maximum atomic E-state index is 12.4. The van der Waals surface area contributed by atoms with Crippen molar-refractivity contribution in [1.29, 1.82) is 0 Å². The molecule has 1 N–H and O–H groups in total. The Kier molecular flexibility index (Phi) is 4.20. The highest BCUT2D eigenvalue weighted by molar-refractivity contribution is 5.82. The highest BCUT2D eigenvalue weighted by Crippen LogP contribution is 2.24. The standard InChI is InChI=1S/C15H19N3O2/c1-12-9-10-18(17-12)11-15(16-2,14(19)20-3)13-7-5-4-6-8-13/h4-10,16H,11H2,1-3H3. The molecule has 0 aliphatic carbocycles. The number of nitrogens with one attached hydrogen (secondary N) is 1. The molecule has 20 heavy (non-hydrogen) atoms. The average Bonchev–Trinajstić information content (AvgIpc) is 2.90. The van der Waals surface area contributed by atoms with Gasteiger partial charge in [-0.15, -0.1) is 0 Å². The van der Waals surface area contributed by atoms with E-state index in [0.29, 0.717) is 6.54 Å². The lowest BCUT2D eigenvalue weighted by Gasteiger charge is -2.31. The molecule has 0 saturated carbocycles. The van der Waals surface area contributed by atoms with Gasteiger partial charge < -0.3 is 4.74 Å². The van der Waals surface area contributed by atoms with Gasteiger partial charge in [-0.05, 0) is 25.6 Å². The predicted molar refractivity (Wildman–Crippen MR) is 76.2 cm³/mol. The molecule has 0 aliphatic rings. The van der Waals surface area contributed by atoms with Crippen LogP contribution < -0.4 is 5.32 Å². The number of carbonyl (C=O) groups excluding carboxylic acids is 1. The summed E-state index contributed by atoms with van der Waals surface area (Å²) in [5.74, 6) is -0.334. The van der Waals surface area contributed by atoms with Gasteiger partial charge in [-0.3, -0.25) is 10.00 Å². The molecule has 5 nitrogen and oxygen atoms in total. The third kappa shape index (κ3) is 2.58. The minimum atomic E-state index is -0.950. The number of carbonyl (C=O) groups is 1. The Labute approximate surface area is 118 Å². The number of aryl methyl sites for hydroxylation is 1. The van der Waals surface area contributed by atoms with E-state index in [4.69, 9.17) is 4.74 Å². The first-order chi connectivity index (χ1) is 9.62. The van der Waals surface area contributed by atoms with Gasteiger partial charge in [-0.25, -0.2) is 4.79 Å². The van der Waals surface area contributed by atoms with Gasteiger partial charge in [0.2, 0.25) is 0 Å². The van der Waals surface area contributed by atoms with Crippen molar-refractivity contribution < 1.29 is 9.53 Å². The molecule has 1 unspecified atom stereocenters. The molecule has 1 aromatic carbocycles. The van der Waals surface area contributed by atoms with Crippen molar-refractivity contribution in [2.24, 2.45) is 0 Å². The SMILES string of the molecule is CNC(Cn1ccc(C)n1)(C(=O)OC)c1ccccc1. The van der Waals surface area contributed by atoms with Crippen molar-refractivity contribution in [2.45, 2.75) is 19.0 Å². The molecule has 1 aromatic heterocycles.